The Morgan fingerprint density at radius 3 is 2.88 bits per heavy atom. The number of carbonyl (C=O) groups is 1. The quantitative estimate of drug-likeness (QED) is 0.802. The lowest BCUT2D eigenvalue weighted by Crippen LogP contribution is -2.38. The van der Waals surface area contributed by atoms with Gasteiger partial charge >= 0.3 is 5.95 Å². The molecule has 6 heteroatoms. The monoisotopic (exact) mass is 335 g/mol. The Kier molecular flexibility index (Phi) is 5.06. The predicted octanol–water partition coefficient (Wildman–Crippen LogP) is 2.34. The lowest BCUT2D eigenvalue weighted by atomic mass is 9.89. The topological polar surface area (TPSA) is 92.8 Å². The summed E-state index contributed by atoms with van der Waals surface area (Å²) < 4.78 is 11.1. The van der Waals surface area contributed by atoms with Gasteiger partial charge in [0, 0.05) is 18.8 Å². The number of aliphatic hydroxyl groups is 2. The summed E-state index contributed by atoms with van der Waals surface area (Å²) in [6.45, 7) is 3.74. The van der Waals surface area contributed by atoms with Crippen LogP contribution in [0.1, 0.15) is 57.2 Å². The Hall–Kier alpha value is -1.66. The number of nitrogens with zero attached hydrogens (tertiary/aromatic N) is 1. The lowest BCUT2D eigenvalue weighted by Gasteiger charge is -2.27. The van der Waals surface area contributed by atoms with E-state index in [4.69, 9.17) is 9.15 Å². The first-order chi connectivity index (χ1) is 11.5. The van der Waals surface area contributed by atoms with Crippen molar-refractivity contribution in [2.75, 3.05) is 0 Å². The van der Waals surface area contributed by atoms with Crippen molar-refractivity contribution in [3.8, 4) is 5.95 Å². The van der Waals surface area contributed by atoms with E-state index < -0.39 is 18.3 Å². The first-order valence-corrected chi connectivity index (χ1v) is 8.71. The number of hydrogen-bond donors (Lipinski definition) is 2. The summed E-state index contributed by atoms with van der Waals surface area (Å²) in [4.78, 5) is 16.4. The van der Waals surface area contributed by atoms with Crippen LogP contribution in [0, 0.1) is 11.8 Å². The van der Waals surface area contributed by atoms with Gasteiger partial charge in [-0.25, -0.2) is 4.98 Å². The third-order valence-electron chi connectivity index (χ3n) is 5.02. The normalized spacial score (nSPS) is 33.0. The minimum absolute atomic E-state index is 0.00656. The molecule has 1 saturated carbocycles. The second-order valence-corrected chi connectivity index (χ2v) is 6.73. The van der Waals surface area contributed by atoms with Crippen LogP contribution in [0.5, 0.6) is 5.95 Å². The van der Waals surface area contributed by atoms with E-state index in [0.717, 1.165) is 19.3 Å². The van der Waals surface area contributed by atoms with E-state index in [0.29, 0.717) is 24.5 Å². The van der Waals surface area contributed by atoms with Crippen molar-refractivity contribution in [3.05, 3.63) is 23.7 Å². The Balaban J connectivity index is 1.72. The predicted molar refractivity (Wildman–Crippen MR) is 86.5 cm³/mol. The molecular weight excluding hydrogens is 310 g/mol. The molecule has 3 rings (SSSR count). The fraction of sp³-hybridized carbons (Fsp3) is 0.667. The van der Waals surface area contributed by atoms with Crippen molar-refractivity contribution in [2.24, 2.45) is 11.8 Å². The fourth-order valence-corrected chi connectivity index (χ4v) is 3.56. The Bertz CT molecular complexity index is 623. The maximum atomic E-state index is 12.1. The van der Waals surface area contributed by atoms with Crippen LogP contribution in [0.2, 0.25) is 0 Å². The first kappa shape index (κ1) is 17.2. The summed E-state index contributed by atoms with van der Waals surface area (Å²) in [6, 6.07) is 0. The highest BCUT2D eigenvalue weighted by atomic mass is 16.6. The van der Waals surface area contributed by atoms with Crippen LogP contribution in [0.15, 0.2) is 16.6 Å². The van der Waals surface area contributed by atoms with E-state index in [-0.39, 0.29) is 23.5 Å². The third kappa shape index (κ3) is 3.26. The van der Waals surface area contributed by atoms with E-state index in [1.807, 2.05) is 0 Å². The van der Waals surface area contributed by atoms with Gasteiger partial charge in [-0.1, -0.05) is 19.1 Å². The van der Waals surface area contributed by atoms with Gasteiger partial charge in [0.1, 0.15) is 24.1 Å². The van der Waals surface area contributed by atoms with Crippen LogP contribution in [-0.2, 0) is 11.2 Å². The smallest absolute Gasteiger partial charge is 0.311 e. The Labute approximate surface area is 141 Å². The second-order valence-electron chi connectivity index (χ2n) is 6.73. The van der Waals surface area contributed by atoms with Crippen molar-refractivity contribution >= 4 is 5.78 Å². The molecule has 1 fully saturated rings. The van der Waals surface area contributed by atoms with E-state index in [1.165, 1.54) is 0 Å². The van der Waals surface area contributed by atoms with Gasteiger partial charge in [-0.15, -0.1) is 0 Å². The molecule has 6 nitrogen and oxygen atoms in total. The lowest BCUT2D eigenvalue weighted by molar-refractivity contribution is -0.121. The number of ether oxygens (including phenoxy) is 1. The molecule has 1 aromatic heterocycles. The SMILES string of the molecule is CC/C=C/CC1C(=O)CCC1Cc1nc2c(o1)OC(C)C(O)C2O. The van der Waals surface area contributed by atoms with Gasteiger partial charge in [-0.05, 0) is 32.1 Å². The van der Waals surface area contributed by atoms with Gasteiger partial charge in [0.2, 0.25) is 0 Å². The molecule has 0 radical (unpaired) electrons. The molecule has 0 spiro atoms. The molecular formula is C18H25NO5. The summed E-state index contributed by atoms with van der Waals surface area (Å²) in [5.41, 5.74) is 0.252. The van der Waals surface area contributed by atoms with Crippen molar-refractivity contribution in [1.29, 1.82) is 0 Å². The molecule has 0 bridgehead atoms. The number of aliphatic hydroxyl groups excluding tert-OH is 2. The molecule has 2 aliphatic rings. The number of Topliss-reactive ketones (excluding diaryl/α,β-unsaturated/α-hetero) is 1. The first-order valence-electron chi connectivity index (χ1n) is 8.71. The van der Waals surface area contributed by atoms with Gasteiger partial charge < -0.3 is 19.4 Å². The van der Waals surface area contributed by atoms with E-state index in [9.17, 15) is 15.0 Å². The van der Waals surface area contributed by atoms with Gasteiger partial charge in [-0.2, -0.15) is 0 Å². The average molecular weight is 335 g/mol. The molecule has 5 unspecified atom stereocenters. The number of aromatic nitrogens is 1. The highest BCUT2D eigenvalue weighted by Crippen LogP contribution is 2.38. The Morgan fingerprint density at radius 2 is 2.12 bits per heavy atom. The minimum atomic E-state index is -1.10. The number of oxazole rings is 1. The fourth-order valence-electron chi connectivity index (χ4n) is 3.56. The van der Waals surface area contributed by atoms with Crippen molar-refractivity contribution in [2.45, 2.75) is 64.3 Å². The maximum Gasteiger partial charge on any atom is 0.311 e. The van der Waals surface area contributed by atoms with Crippen molar-refractivity contribution < 1.29 is 24.2 Å². The van der Waals surface area contributed by atoms with E-state index in [1.54, 1.807) is 6.92 Å². The standard InChI is InChI=1S/C18H25NO5/c1-3-4-5-6-12-11(7-8-13(12)20)9-14-19-15-17(22)16(21)10(2)23-18(15)24-14/h4-5,10-12,16-17,21-22H,3,6-9H2,1-2H3/b5-4+. The molecule has 24 heavy (non-hydrogen) atoms. The van der Waals surface area contributed by atoms with Gasteiger partial charge in [-0.3, -0.25) is 4.79 Å². The highest BCUT2D eigenvalue weighted by molar-refractivity contribution is 5.83. The largest absolute Gasteiger partial charge is 0.458 e. The number of hydrogen-bond acceptors (Lipinski definition) is 6. The van der Waals surface area contributed by atoms with Crippen molar-refractivity contribution in [3.63, 3.8) is 0 Å². The summed E-state index contributed by atoms with van der Waals surface area (Å²) >= 11 is 0. The van der Waals surface area contributed by atoms with E-state index in [2.05, 4.69) is 24.1 Å². The molecule has 0 aromatic carbocycles. The molecule has 0 amide bonds. The molecule has 0 saturated heterocycles. The van der Waals surface area contributed by atoms with E-state index >= 15 is 0 Å². The van der Waals surface area contributed by atoms with Crippen LogP contribution in [0.4, 0.5) is 0 Å². The summed E-state index contributed by atoms with van der Waals surface area (Å²) in [6.07, 6.45) is 5.19. The highest BCUT2D eigenvalue weighted by Gasteiger charge is 2.39. The Morgan fingerprint density at radius 1 is 1.33 bits per heavy atom. The molecule has 2 heterocycles. The van der Waals surface area contributed by atoms with Crippen molar-refractivity contribution in [1.82, 2.24) is 4.98 Å². The number of carbonyl (C=O) groups excluding carboxylic acids is 1. The van der Waals surface area contributed by atoms with Crippen LogP contribution in [-0.4, -0.2) is 33.2 Å². The third-order valence-corrected chi connectivity index (χ3v) is 5.02. The zero-order chi connectivity index (χ0) is 17.3. The summed E-state index contributed by atoms with van der Waals surface area (Å²) in [5, 5.41) is 20.0. The summed E-state index contributed by atoms with van der Waals surface area (Å²) in [7, 11) is 0. The zero-order valence-corrected chi connectivity index (χ0v) is 14.1. The molecule has 1 aliphatic heterocycles. The van der Waals surface area contributed by atoms with Gasteiger partial charge in [0.25, 0.3) is 0 Å². The number of rotatable bonds is 5. The molecule has 132 valence electrons. The molecule has 1 aliphatic carbocycles. The average Bonchev–Trinajstić information content (AvgIpc) is 3.11. The van der Waals surface area contributed by atoms with Crippen LogP contribution >= 0.6 is 0 Å². The minimum Gasteiger partial charge on any atom is -0.458 e. The van der Waals surface area contributed by atoms with Crippen LogP contribution < -0.4 is 4.74 Å². The van der Waals surface area contributed by atoms with Gasteiger partial charge in [0.15, 0.2) is 11.6 Å². The zero-order valence-electron chi connectivity index (χ0n) is 14.1. The van der Waals surface area contributed by atoms with Crippen LogP contribution in [0.25, 0.3) is 0 Å². The number of ketones is 1. The molecule has 1 aromatic rings. The molecule has 2 N–H and O–H groups in total. The second kappa shape index (κ2) is 7.07. The maximum absolute atomic E-state index is 12.1. The summed E-state index contributed by atoms with van der Waals surface area (Å²) in [5.74, 6) is 1.15. The van der Waals surface area contributed by atoms with Gasteiger partial charge in [0.05, 0.1) is 0 Å². The number of fused-ring (bicyclic) bond motifs is 1. The number of allylic oxidation sites excluding steroid dienone is 2. The molecule has 5 atom stereocenters. The van der Waals surface area contributed by atoms with Crippen LogP contribution in [0.3, 0.4) is 0 Å².